The van der Waals surface area contributed by atoms with E-state index in [-0.39, 0.29) is 17.9 Å². The van der Waals surface area contributed by atoms with Gasteiger partial charge >= 0.3 is 0 Å². The molecule has 2 aromatic carbocycles. The highest BCUT2D eigenvalue weighted by atomic mass is 16.2. The molecule has 136 valence electrons. The molecule has 2 amide bonds. The first-order chi connectivity index (χ1) is 12.6. The Morgan fingerprint density at radius 3 is 2.62 bits per heavy atom. The summed E-state index contributed by atoms with van der Waals surface area (Å²) in [4.78, 5) is 26.4. The predicted octanol–water partition coefficient (Wildman–Crippen LogP) is 4.00. The summed E-state index contributed by atoms with van der Waals surface area (Å²) in [5.41, 5.74) is 3.96. The topological polar surface area (TPSA) is 49.4 Å². The summed E-state index contributed by atoms with van der Waals surface area (Å²) in [7, 11) is 0. The van der Waals surface area contributed by atoms with Gasteiger partial charge in [0.2, 0.25) is 5.91 Å². The van der Waals surface area contributed by atoms with Gasteiger partial charge in [-0.1, -0.05) is 48.9 Å². The van der Waals surface area contributed by atoms with Crippen molar-refractivity contribution >= 4 is 11.8 Å². The van der Waals surface area contributed by atoms with Crippen molar-refractivity contribution in [2.24, 2.45) is 0 Å². The van der Waals surface area contributed by atoms with Gasteiger partial charge in [-0.25, -0.2) is 0 Å². The number of hydrogen-bond acceptors (Lipinski definition) is 2. The third-order valence-electron chi connectivity index (χ3n) is 4.93. The van der Waals surface area contributed by atoms with Gasteiger partial charge in [0.15, 0.2) is 0 Å². The molecular formula is C22H26N2O2. The molecular weight excluding hydrogens is 324 g/mol. The summed E-state index contributed by atoms with van der Waals surface area (Å²) in [5.74, 6) is 0.122. The first kappa shape index (κ1) is 18.2. The van der Waals surface area contributed by atoms with Crippen LogP contribution in [-0.4, -0.2) is 23.3 Å². The van der Waals surface area contributed by atoms with E-state index in [0.717, 1.165) is 30.5 Å². The maximum atomic E-state index is 12.7. The van der Waals surface area contributed by atoms with E-state index >= 15 is 0 Å². The van der Waals surface area contributed by atoms with Gasteiger partial charge in [-0.3, -0.25) is 9.59 Å². The van der Waals surface area contributed by atoms with Gasteiger partial charge in [0.05, 0.1) is 6.04 Å². The summed E-state index contributed by atoms with van der Waals surface area (Å²) in [5, 5.41) is 3.13. The highest BCUT2D eigenvalue weighted by Gasteiger charge is 2.20. The number of amides is 2. The van der Waals surface area contributed by atoms with Crippen molar-refractivity contribution in [3.05, 3.63) is 70.8 Å². The van der Waals surface area contributed by atoms with Gasteiger partial charge in [0.25, 0.3) is 5.91 Å². The van der Waals surface area contributed by atoms with Crippen LogP contribution in [0.3, 0.4) is 0 Å². The molecule has 0 bridgehead atoms. The Bertz CT molecular complexity index is 783. The molecule has 0 aromatic heterocycles. The molecule has 1 atom stereocenters. The van der Waals surface area contributed by atoms with E-state index < -0.39 is 0 Å². The lowest BCUT2D eigenvalue weighted by atomic mass is 10.0. The summed E-state index contributed by atoms with van der Waals surface area (Å²) in [6.45, 7) is 5.51. The SMILES string of the molecule is CC[C@@H](NC(=O)c1cccc(CN2CCCC2=O)c1)c1ccc(C)cc1. The molecule has 0 spiro atoms. The number of nitrogens with zero attached hydrogens (tertiary/aromatic N) is 1. The van der Waals surface area contributed by atoms with Crippen LogP contribution in [0.5, 0.6) is 0 Å². The molecule has 26 heavy (non-hydrogen) atoms. The highest BCUT2D eigenvalue weighted by Crippen LogP contribution is 2.19. The minimum absolute atomic E-state index is 0.00749. The first-order valence-corrected chi connectivity index (χ1v) is 9.31. The molecule has 0 saturated carbocycles. The second-order valence-corrected chi connectivity index (χ2v) is 6.96. The lowest BCUT2D eigenvalue weighted by molar-refractivity contribution is -0.128. The fraction of sp³-hybridized carbons (Fsp3) is 0.364. The fourth-order valence-electron chi connectivity index (χ4n) is 3.36. The smallest absolute Gasteiger partial charge is 0.251 e. The van der Waals surface area contributed by atoms with Crippen molar-refractivity contribution in [3.63, 3.8) is 0 Å². The van der Waals surface area contributed by atoms with Crippen molar-refractivity contribution in [3.8, 4) is 0 Å². The van der Waals surface area contributed by atoms with Crippen LogP contribution < -0.4 is 5.32 Å². The average molecular weight is 350 g/mol. The van der Waals surface area contributed by atoms with Crippen molar-refractivity contribution < 1.29 is 9.59 Å². The van der Waals surface area contributed by atoms with E-state index in [2.05, 4.69) is 43.4 Å². The molecule has 1 saturated heterocycles. The lowest BCUT2D eigenvalue weighted by Crippen LogP contribution is -2.28. The molecule has 4 nitrogen and oxygen atoms in total. The molecule has 1 aliphatic heterocycles. The van der Waals surface area contributed by atoms with E-state index in [1.54, 1.807) is 0 Å². The average Bonchev–Trinajstić information content (AvgIpc) is 3.05. The quantitative estimate of drug-likeness (QED) is 0.856. The van der Waals surface area contributed by atoms with Gasteiger partial charge in [-0.2, -0.15) is 0 Å². The van der Waals surface area contributed by atoms with E-state index in [0.29, 0.717) is 18.5 Å². The monoisotopic (exact) mass is 350 g/mol. The Labute approximate surface area is 155 Å². The molecule has 1 aliphatic rings. The van der Waals surface area contributed by atoms with Crippen LogP contribution in [0.2, 0.25) is 0 Å². The number of nitrogens with one attached hydrogen (secondary N) is 1. The van der Waals surface area contributed by atoms with Crippen molar-refractivity contribution in [1.82, 2.24) is 10.2 Å². The Kier molecular flexibility index (Phi) is 5.71. The summed E-state index contributed by atoms with van der Waals surface area (Å²) < 4.78 is 0. The van der Waals surface area contributed by atoms with Crippen LogP contribution in [0.1, 0.15) is 59.3 Å². The zero-order chi connectivity index (χ0) is 18.5. The molecule has 3 rings (SSSR count). The number of hydrogen-bond donors (Lipinski definition) is 1. The molecule has 1 N–H and O–H groups in total. The number of aryl methyl sites for hydroxylation is 1. The summed E-state index contributed by atoms with van der Waals surface area (Å²) in [6.07, 6.45) is 2.39. The van der Waals surface area contributed by atoms with Crippen LogP contribution in [0.4, 0.5) is 0 Å². The normalized spacial score (nSPS) is 15.2. The second kappa shape index (κ2) is 8.17. The molecule has 2 aromatic rings. The van der Waals surface area contributed by atoms with Crippen molar-refractivity contribution in [2.45, 2.75) is 45.7 Å². The van der Waals surface area contributed by atoms with E-state index in [9.17, 15) is 9.59 Å². The maximum absolute atomic E-state index is 12.7. The standard InChI is InChI=1S/C22H26N2O2/c1-3-20(18-11-9-16(2)10-12-18)23-22(26)19-7-4-6-17(14-19)15-24-13-5-8-21(24)25/h4,6-7,9-12,14,20H,3,5,8,13,15H2,1-2H3,(H,23,26)/t20-/m1/s1. The molecule has 1 heterocycles. The highest BCUT2D eigenvalue weighted by molar-refractivity contribution is 5.94. The van der Waals surface area contributed by atoms with Crippen LogP contribution in [0, 0.1) is 6.92 Å². The Morgan fingerprint density at radius 2 is 1.96 bits per heavy atom. The molecule has 0 radical (unpaired) electrons. The van der Waals surface area contributed by atoms with Crippen LogP contribution in [0.15, 0.2) is 48.5 Å². The molecule has 1 fully saturated rings. The minimum Gasteiger partial charge on any atom is -0.345 e. The zero-order valence-corrected chi connectivity index (χ0v) is 15.5. The fourth-order valence-corrected chi connectivity index (χ4v) is 3.36. The number of carbonyl (C=O) groups is 2. The zero-order valence-electron chi connectivity index (χ0n) is 15.5. The van der Waals surface area contributed by atoms with E-state index in [1.807, 2.05) is 29.2 Å². The summed E-state index contributed by atoms with van der Waals surface area (Å²) in [6, 6.07) is 15.8. The first-order valence-electron chi connectivity index (χ1n) is 9.31. The van der Waals surface area contributed by atoms with Crippen molar-refractivity contribution in [1.29, 1.82) is 0 Å². The second-order valence-electron chi connectivity index (χ2n) is 6.96. The minimum atomic E-state index is -0.0768. The number of rotatable bonds is 6. The maximum Gasteiger partial charge on any atom is 0.251 e. The number of likely N-dealkylation sites (tertiary alicyclic amines) is 1. The Balaban J connectivity index is 1.69. The predicted molar refractivity (Wildman–Crippen MR) is 103 cm³/mol. The van der Waals surface area contributed by atoms with E-state index in [1.165, 1.54) is 5.56 Å². The van der Waals surface area contributed by atoms with Gasteiger partial charge in [0, 0.05) is 25.1 Å². The largest absolute Gasteiger partial charge is 0.345 e. The van der Waals surface area contributed by atoms with E-state index in [4.69, 9.17) is 0 Å². The lowest BCUT2D eigenvalue weighted by Gasteiger charge is -2.19. The molecule has 0 aliphatic carbocycles. The number of carbonyl (C=O) groups excluding carboxylic acids is 2. The van der Waals surface area contributed by atoms with Crippen molar-refractivity contribution in [2.75, 3.05) is 6.54 Å². The van der Waals surface area contributed by atoms with Crippen LogP contribution in [0.25, 0.3) is 0 Å². The third-order valence-corrected chi connectivity index (χ3v) is 4.93. The third kappa shape index (κ3) is 4.31. The Hall–Kier alpha value is -2.62. The van der Waals surface area contributed by atoms with Gasteiger partial charge in [-0.05, 0) is 43.0 Å². The van der Waals surface area contributed by atoms with Gasteiger partial charge in [0.1, 0.15) is 0 Å². The van der Waals surface area contributed by atoms with Gasteiger partial charge < -0.3 is 10.2 Å². The van der Waals surface area contributed by atoms with Gasteiger partial charge in [-0.15, -0.1) is 0 Å². The van der Waals surface area contributed by atoms with Crippen LogP contribution in [-0.2, 0) is 11.3 Å². The summed E-state index contributed by atoms with van der Waals surface area (Å²) >= 11 is 0. The molecule has 0 unspecified atom stereocenters. The Morgan fingerprint density at radius 1 is 1.19 bits per heavy atom. The number of benzene rings is 2. The molecule has 4 heteroatoms. The van der Waals surface area contributed by atoms with Crippen LogP contribution >= 0.6 is 0 Å².